The lowest BCUT2D eigenvalue weighted by atomic mass is 9.71. The molecule has 8 rings (SSSR count). The number of rotatable bonds is 8. The molecule has 3 aromatic heterocycles. The number of anilines is 3. The van der Waals surface area contributed by atoms with Gasteiger partial charge in [0.1, 0.15) is 17.2 Å². The van der Waals surface area contributed by atoms with Gasteiger partial charge in [0.25, 0.3) is 11.8 Å². The summed E-state index contributed by atoms with van der Waals surface area (Å²) in [5.41, 5.74) is 2.68. The van der Waals surface area contributed by atoms with Gasteiger partial charge in [0.15, 0.2) is 5.82 Å². The van der Waals surface area contributed by atoms with E-state index < -0.39 is 6.04 Å². The molecule has 222 valence electrons. The Balaban J connectivity index is 1.23. The van der Waals surface area contributed by atoms with E-state index in [2.05, 4.69) is 31.0 Å². The number of nitrogens with zero attached hydrogens (tertiary/aromatic N) is 6. The van der Waals surface area contributed by atoms with Gasteiger partial charge >= 0.3 is 0 Å². The van der Waals surface area contributed by atoms with Crippen LogP contribution in [0.5, 0.6) is 0 Å². The van der Waals surface area contributed by atoms with Gasteiger partial charge in [0.2, 0.25) is 5.95 Å². The summed E-state index contributed by atoms with van der Waals surface area (Å²) >= 11 is 0. The summed E-state index contributed by atoms with van der Waals surface area (Å²) in [6.07, 6.45) is 4.70. The highest BCUT2D eigenvalue weighted by molar-refractivity contribution is 5.97. The maximum atomic E-state index is 12.5. The maximum Gasteiger partial charge on any atom is 0.263 e. The van der Waals surface area contributed by atoms with Crippen LogP contribution in [0.25, 0.3) is 11.5 Å². The second-order valence-corrected chi connectivity index (χ2v) is 11.8. The Labute approximate surface area is 249 Å². The third kappa shape index (κ3) is 5.10. The second-order valence-electron chi connectivity index (χ2n) is 11.8. The van der Waals surface area contributed by atoms with Crippen LogP contribution in [0.15, 0.2) is 53.2 Å². The molecule has 0 radical (unpaired) electrons. The van der Waals surface area contributed by atoms with Crippen molar-refractivity contribution >= 4 is 23.5 Å². The SMILES string of the molecule is CC1NC(=O)c2ccc(Nc3ncc(-c4nc(C56CCN(CC5)CC6)no4)c(N[C@H](CO)c4ccccc4)n3)nc2C1C. The van der Waals surface area contributed by atoms with Crippen LogP contribution in [-0.2, 0) is 5.41 Å². The molecule has 43 heavy (non-hydrogen) atoms. The van der Waals surface area contributed by atoms with E-state index >= 15 is 0 Å². The van der Waals surface area contributed by atoms with E-state index in [1.54, 1.807) is 18.3 Å². The molecule has 1 amide bonds. The third-order valence-corrected chi connectivity index (χ3v) is 9.28. The molecule has 3 saturated heterocycles. The highest BCUT2D eigenvalue weighted by atomic mass is 16.5. The molecule has 2 unspecified atom stereocenters. The van der Waals surface area contributed by atoms with E-state index in [1.807, 2.05) is 44.2 Å². The molecule has 12 nitrogen and oxygen atoms in total. The van der Waals surface area contributed by atoms with E-state index in [0.717, 1.165) is 56.0 Å². The Morgan fingerprint density at radius 2 is 1.81 bits per heavy atom. The van der Waals surface area contributed by atoms with E-state index in [1.165, 1.54) is 0 Å². The third-order valence-electron chi connectivity index (χ3n) is 9.28. The van der Waals surface area contributed by atoms with E-state index in [0.29, 0.717) is 34.6 Å². The Morgan fingerprint density at radius 3 is 2.56 bits per heavy atom. The number of benzene rings is 1. The van der Waals surface area contributed by atoms with E-state index in [-0.39, 0.29) is 29.9 Å². The number of aliphatic hydroxyl groups is 1. The highest BCUT2D eigenvalue weighted by Crippen LogP contribution is 2.42. The molecular formula is C31H35N9O3. The monoisotopic (exact) mass is 581 g/mol. The van der Waals surface area contributed by atoms with Crippen molar-refractivity contribution in [1.29, 1.82) is 0 Å². The Bertz CT molecular complexity index is 1620. The van der Waals surface area contributed by atoms with Crippen molar-refractivity contribution in [3.8, 4) is 11.5 Å². The number of piperidine rings is 3. The molecule has 4 aliphatic heterocycles. The van der Waals surface area contributed by atoms with Crippen LogP contribution < -0.4 is 16.0 Å². The van der Waals surface area contributed by atoms with Gasteiger partial charge in [-0.3, -0.25) is 4.79 Å². The molecule has 0 saturated carbocycles. The number of fused-ring (bicyclic) bond motifs is 4. The van der Waals surface area contributed by atoms with Crippen molar-refractivity contribution in [2.75, 3.05) is 36.9 Å². The lowest BCUT2D eigenvalue weighted by Gasteiger charge is -2.46. The summed E-state index contributed by atoms with van der Waals surface area (Å²) in [4.78, 5) is 33.9. The molecule has 3 atom stereocenters. The number of carbonyl (C=O) groups is 1. The lowest BCUT2D eigenvalue weighted by molar-refractivity contribution is 0.0747. The van der Waals surface area contributed by atoms with Gasteiger partial charge < -0.3 is 30.5 Å². The Morgan fingerprint density at radius 1 is 1.05 bits per heavy atom. The van der Waals surface area contributed by atoms with Crippen molar-refractivity contribution in [2.24, 2.45) is 0 Å². The fourth-order valence-electron chi connectivity index (χ4n) is 6.35. The van der Waals surface area contributed by atoms with Gasteiger partial charge in [-0.05, 0) is 63.5 Å². The van der Waals surface area contributed by atoms with Gasteiger partial charge in [-0.25, -0.2) is 9.97 Å². The lowest BCUT2D eigenvalue weighted by Crippen LogP contribution is -2.51. The summed E-state index contributed by atoms with van der Waals surface area (Å²) in [7, 11) is 0. The fourth-order valence-corrected chi connectivity index (χ4v) is 6.35. The van der Waals surface area contributed by atoms with Crippen molar-refractivity contribution in [2.45, 2.75) is 56.5 Å². The zero-order chi connectivity index (χ0) is 29.6. The average Bonchev–Trinajstić information content (AvgIpc) is 3.55. The fraction of sp³-hybridized carbons (Fsp3) is 0.419. The summed E-state index contributed by atoms with van der Waals surface area (Å²) in [6.45, 7) is 7.00. The van der Waals surface area contributed by atoms with Gasteiger partial charge in [-0.15, -0.1) is 0 Å². The van der Waals surface area contributed by atoms with Gasteiger partial charge in [0.05, 0.1) is 23.9 Å². The number of carbonyl (C=O) groups excluding carboxylic acids is 1. The average molecular weight is 582 g/mol. The van der Waals surface area contributed by atoms with Crippen LogP contribution in [-0.4, -0.2) is 73.3 Å². The molecule has 12 heteroatoms. The van der Waals surface area contributed by atoms with E-state index in [9.17, 15) is 9.90 Å². The van der Waals surface area contributed by atoms with Crippen LogP contribution in [0.3, 0.4) is 0 Å². The van der Waals surface area contributed by atoms with Gasteiger partial charge in [-0.2, -0.15) is 9.97 Å². The number of hydrogen-bond acceptors (Lipinski definition) is 11. The number of pyridine rings is 1. The van der Waals surface area contributed by atoms with Crippen molar-refractivity contribution in [1.82, 2.24) is 35.3 Å². The molecular weight excluding hydrogens is 546 g/mol. The maximum absolute atomic E-state index is 12.5. The second kappa shape index (κ2) is 11.0. The molecule has 4 N–H and O–H groups in total. The van der Waals surface area contributed by atoms with Crippen molar-refractivity contribution < 1.29 is 14.4 Å². The van der Waals surface area contributed by atoms with Gasteiger partial charge in [-0.1, -0.05) is 42.4 Å². The zero-order valence-electron chi connectivity index (χ0n) is 24.2. The summed E-state index contributed by atoms with van der Waals surface area (Å²) in [5.74, 6) is 2.25. The van der Waals surface area contributed by atoms with Gasteiger partial charge in [0, 0.05) is 23.6 Å². The quantitative estimate of drug-likeness (QED) is 0.240. The smallest absolute Gasteiger partial charge is 0.263 e. The Hall–Kier alpha value is -4.42. The molecule has 2 bridgehead atoms. The topological polar surface area (TPSA) is 154 Å². The largest absolute Gasteiger partial charge is 0.394 e. The molecule has 4 aliphatic rings. The first kappa shape index (κ1) is 27.4. The molecule has 7 heterocycles. The molecule has 0 spiro atoms. The first-order valence-corrected chi connectivity index (χ1v) is 14.9. The summed E-state index contributed by atoms with van der Waals surface area (Å²) in [5, 5.41) is 24.3. The minimum atomic E-state index is -0.436. The Kier molecular flexibility index (Phi) is 7.02. The highest BCUT2D eigenvalue weighted by Gasteiger charge is 2.44. The van der Waals surface area contributed by atoms with Crippen LogP contribution >= 0.6 is 0 Å². The van der Waals surface area contributed by atoms with Crippen LogP contribution in [0, 0.1) is 0 Å². The predicted molar refractivity (Wildman–Crippen MR) is 160 cm³/mol. The predicted octanol–water partition coefficient (Wildman–Crippen LogP) is 3.78. The number of aromatic nitrogens is 5. The first-order valence-electron chi connectivity index (χ1n) is 14.9. The minimum absolute atomic E-state index is 0.0255. The van der Waals surface area contributed by atoms with Crippen LogP contribution in [0.1, 0.15) is 72.5 Å². The van der Waals surface area contributed by atoms with Crippen LogP contribution in [0.2, 0.25) is 0 Å². The van der Waals surface area contributed by atoms with Crippen LogP contribution in [0.4, 0.5) is 17.6 Å². The number of amides is 1. The number of aliphatic hydroxyl groups excluding tert-OH is 1. The van der Waals surface area contributed by atoms with E-state index in [4.69, 9.17) is 19.5 Å². The molecule has 1 aromatic carbocycles. The van der Waals surface area contributed by atoms with Crippen molar-refractivity contribution in [3.63, 3.8) is 0 Å². The summed E-state index contributed by atoms with van der Waals surface area (Å²) in [6, 6.07) is 12.7. The first-order chi connectivity index (χ1) is 20.9. The summed E-state index contributed by atoms with van der Waals surface area (Å²) < 4.78 is 5.83. The zero-order valence-corrected chi connectivity index (χ0v) is 24.2. The number of hydrogen-bond donors (Lipinski definition) is 4. The molecule has 4 aromatic rings. The molecule has 3 fully saturated rings. The van der Waals surface area contributed by atoms with Crippen molar-refractivity contribution in [3.05, 3.63) is 71.3 Å². The minimum Gasteiger partial charge on any atom is -0.394 e. The standard InChI is InChI=1S/C31H35N9O3/c1-18-19(2)33-27(42)21-8-9-24(35-25(18)21)36-30-32-16-22(26(37-30)34-23(17-41)20-6-4-3-5-7-20)28-38-29(39-43-28)31-10-13-40(14-11-31)15-12-31/h3-9,16,18-19,23,41H,10-15,17H2,1-2H3,(H,33,42)(H2,32,34,35,36,37)/t18?,19?,23-/m1/s1. The number of nitrogens with one attached hydrogen (secondary N) is 3. The normalized spacial score (nSPS) is 25.1. The molecule has 0 aliphatic carbocycles.